The number of halogens is 3. The molecule has 0 spiro atoms. The lowest BCUT2D eigenvalue weighted by molar-refractivity contribution is -0.137. The van der Waals surface area contributed by atoms with Gasteiger partial charge in [-0.3, -0.25) is 4.90 Å². The summed E-state index contributed by atoms with van der Waals surface area (Å²) in [5, 5.41) is 12.4. The topological polar surface area (TPSA) is 23.5 Å². The van der Waals surface area contributed by atoms with Crippen molar-refractivity contribution >= 4 is 11.3 Å². The Kier molecular flexibility index (Phi) is 4.75. The summed E-state index contributed by atoms with van der Waals surface area (Å²) < 4.78 is 37.8. The van der Waals surface area contributed by atoms with Gasteiger partial charge in [-0.1, -0.05) is 18.2 Å². The second kappa shape index (κ2) is 6.63. The van der Waals surface area contributed by atoms with E-state index < -0.39 is 17.8 Å². The average molecular weight is 341 g/mol. The Labute approximate surface area is 137 Å². The van der Waals surface area contributed by atoms with Crippen molar-refractivity contribution in [3.63, 3.8) is 0 Å². The van der Waals surface area contributed by atoms with Crippen molar-refractivity contribution in [2.75, 3.05) is 6.54 Å². The normalized spacial score (nSPS) is 16.7. The van der Waals surface area contributed by atoms with E-state index in [2.05, 4.69) is 11.0 Å². The fourth-order valence-electron chi connectivity index (χ4n) is 2.61. The van der Waals surface area contributed by atoms with Crippen LogP contribution in [0.5, 0.6) is 0 Å². The molecule has 1 fully saturated rings. The molecule has 1 atom stereocenters. The van der Waals surface area contributed by atoms with Crippen molar-refractivity contribution in [1.82, 2.24) is 4.90 Å². The first-order valence-corrected chi connectivity index (χ1v) is 8.43. The zero-order valence-electron chi connectivity index (χ0n) is 12.5. The van der Waals surface area contributed by atoms with E-state index in [1.165, 1.54) is 17.0 Å². The van der Waals surface area contributed by atoms with Gasteiger partial charge in [0.2, 0.25) is 0 Å². The maximum Gasteiger partial charge on any atom is 0.416 e. The molecule has 0 aliphatic heterocycles. The summed E-state index contributed by atoms with van der Waals surface area (Å²) in [7, 11) is 0. The van der Waals surface area contributed by atoms with Crippen molar-refractivity contribution in [2.24, 2.45) is 0 Å². The molecule has 0 bridgehead atoms. The number of rotatable bonds is 6. The maximum atomic E-state index is 12.6. The standard InChI is InChI=1S/C17H18F3NOS/c18-17(19,20)13-5-3-12(4-6-13)16(22)11-21(14-7-8-14)10-15-2-1-9-23-15/h1-6,9,14,16,22H,7-8,10-11H2/t16-/m0/s1. The molecule has 1 aromatic heterocycles. The third-order valence-corrected chi connectivity index (χ3v) is 4.89. The minimum Gasteiger partial charge on any atom is -0.387 e. The lowest BCUT2D eigenvalue weighted by Gasteiger charge is -2.24. The van der Waals surface area contributed by atoms with Crippen molar-refractivity contribution in [1.29, 1.82) is 0 Å². The van der Waals surface area contributed by atoms with Gasteiger partial charge in [0.25, 0.3) is 0 Å². The molecule has 0 saturated heterocycles. The van der Waals surface area contributed by atoms with Crippen LogP contribution in [0.2, 0.25) is 0 Å². The minimum absolute atomic E-state index is 0.438. The average Bonchev–Trinajstić information content (AvgIpc) is 3.24. The molecular formula is C17H18F3NOS. The van der Waals surface area contributed by atoms with E-state index in [1.54, 1.807) is 11.3 Å². The van der Waals surface area contributed by atoms with Crippen molar-refractivity contribution in [2.45, 2.75) is 37.7 Å². The molecule has 1 heterocycles. The highest BCUT2D eigenvalue weighted by molar-refractivity contribution is 7.09. The van der Waals surface area contributed by atoms with Crippen LogP contribution in [0, 0.1) is 0 Å². The smallest absolute Gasteiger partial charge is 0.387 e. The molecule has 1 aromatic carbocycles. The summed E-state index contributed by atoms with van der Waals surface area (Å²) in [6, 6.07) is 9.31. The van der Waals surface area contributed by atoms with Gasteiger partial charge < -0.3 is 5.11 Å². The molecule has 1 aliphatic carbocycles. The zero-order valence-corrected chi connectivity index (χ0v) is 13.3. The molecule has 124 valence electrons. The third kappa shape index (κ3) is 4.34. The molecule has 0 amide bonds. The lowest BCUT2D eigenvalue weighted by Crippen LogP contribution is -2.30. The van der Waals surface area contributed by atoms with Crippen LogP contribution in [0.25, 0.3) is 0 Å². The number of alkyl halides is 3. The molecule has 1 aliphatic rings. The summed E-state index contributed by atoms with van der Waals surface area (Å²) in [6.45, 7) is 1.22. The zero-order chi connectivity index (χ0) is 16.4. The Morgan fingerprint density at radius 1 is 1.17 bits per heavy atom. The predicted octanol–water partition coefficient (Wildman–Crippen LogP) is 4.46. The number of thiophene rings is 1. The van der Waals surface area contributed by atoms with Crippen LogP contribution in [-0.4, -0.2) is 22.6 Å². The summed E-state index contributed by atoms with van der Waals surface area (Å²) in [4.78, 5) is 3.45. The molecule has 1 N–H and O–H groups in total. The summed E-state index contributed by atoms with van der Waals surface area (Å²) in [6.07, 6.45) is -2.89. The van der Waals surface area contributed by atoms with E-state index in [9.17, 15) is 18.3 Å². The SMILES string of the molecule is O[C@@H](CN(Cc1cccs1)C1CC1)c1ccc(C(F)(F)F)cc1. The van der Waals surface area contributed by atoms with E-state index in [0.29, 0.717) is 18.2 Å². The first-order chi connectivity index (χ1) is 10.9. The van der Waals surface area contributed by atoms with Crippen LogP contribution in [0.15, 0.2) is 41.8 Å². The predicted molar refractivity (Wildman–Crippen MR) is 84.2 cm³/mol. The second-order valence-corrected chi connectivity index (χ2v) is 6.91. The first-order valence-electron chi connectivity index (χ1n) is 7.55. The monoisotopic (exact) mass is 341 g/mol. The Morgan fingerprint density at radius 3 is 2.39 bits per heavy atom. The minimum atomic E-state index is -4.34. The van der Waals surface area contributed by atoms with E-state index in [-0.39, 0.29) is 0 Å². The Balaban J connectivity index is 1.65. The molecule has 2 aromatic rings. The number of nitrogens with zero attached hydrogens (tertiary/aromatic N) is 1. The van der Waals surface area contributed by atoms with Gasteiger partial charge in [0.15, 0.2) is 0 Å². The van der Waals surface area contributed by atoms with Gasteiger partial charge in [-0.15, -0.1) is 11.3 Å². The summed E-state index contributed by atoms with van der Waals surface area (Å²) >= 11 is 1.68. The van der Waals surface area contributed by atoms with E-state index in [0.717, 1.165) is 31.5 Å². The highest BCUT2D eigenvalue weighted by Crippen LogP contribution is 2.32. The number of aliphatic hydroxyl groups excluding tert-OH is 1. The molecule has 1 saturated carbocycles. The highest BCUT2D eigenvalue weighted by Gasteiger charge is 2.32. The Morgan fingerprint density at radius 2 is 1.87 bits per heavy atom. The fraction of sp³-hybridized carbons (Fsp3) is 0.412. The van der Waals surface area contributed by atoms with E-state index >= 15 is 0 Å². The molecule has 0 unspecified atom stereocenters. The third-order valence-electron chi connectivity index (χ3n) is 4.03. The summed E-state index contributed by atoms with van der Waals surface area (Å²) in [5.74, 6) is 0. The summed E-state index contributed by atoms with van der Waals surface area (Å²) in [5.41, 5.74) is -0.166. The van der Waals surface area contributed by atoms with E-state index in [1.807, 2.05) is 11.4 Å². The van der Waals surface area contributed by atoms with Crippen molar-refractivity contribution in [3.05, 3.63) is 57.8 Å². The molecule has 6 heteroatoms. The van der Waals surface area contributed by atoms with Crippen LogP contribution in [0.3, 0.4) is 0 Å². The van der Waals surface area contributed by atoms with Gasteiger partial charge in [-0.2, -0.15) is 13.2 Å². The first kappa shape index (κ1) is 16.5. The quantitative estimate of drug-likeness (QED) is 0.838. The van der Waals surface area contributed by atoms with E-state index in [4.69, 9.17) is 0 Å². The largest absolute Gasteiger partial charge is 0.416 e. The Hall–Kier alpha value is -1.37. The molecule has 3 rings (SSSR count). The van der Waals surface area contributed by atoms with Gasteiger partial charge >= 0.3 is 6.18 Å². The van der Waals surface area contributed by atoms with Crippen LogP contribution < -0.4 is 0 Å². The maximum absolute atomic E-state index is 12.6. The van der Waals surface area contributed by atoms with Crippen molar-refractivity contribution < 1.29 is 18.3 Å². The molecule has 0 radical (unpaired) electrons. The number of aliphatic hydroxyl groups is 1. The van der Waals surface area contributed by atoms with Gasteiger partial charge in [0, 0.05) is 24.0 Å². The molecule has 23 heavy (non-hydrogen) atoms. The number of benzene rings is 1. The van der Waals surface area contributed by atoms with Crippen LogP contribution in [0.1, 0.15) is 34.9 Å². The van der Waals surface area contributed by atoms with Crippen LogP contribution in [0.4, 0.5) is 13.2 Å². The number of hydrogen-bond donors (Lipinski definition) is 1. The van der Waals surface area contributed by atoms with Crippen LogP contribution >= 0.6 is 11.3 Å². The second-order valence-electron chi connectivity index (χ2n) is 5.88. The van der Waals surface area contributed by atoms with Gasteiger partial charge in [0.1, 0.15) is 0 Å². The Bertz CT molecular complexity index is 620. The van der Waals surface area contributed by atoms with Gasteiger partial charge in [-0.05, 0) is 42.0 Å². The van der Waals surface area contributed by atoms with Crippen molar-refractivity contribution in [3.8, 4) is 0 Å². The van der Waals surface area contributed by atoms with Gasteiger partial charge in [-0.25, -0.2) is 0 Å². The van der Waals surface area contributed by atoms with Gasteiger partial charge in [0.05, 0.1) is 11.7 Å². The fourth-order valence-corrected chi connectivity index (χ4v) is 3.34. The molecule has 2 nitrogen and oxygen atoms in total. The lowest BCUT2D eigenvalue weighted by atomic mass is 10.1. The highest BCUT2D eigenvalue weighted by atomic mass is 32.1. The molecular weight excluding hydrogens is 323 g/mol. The number of hydrogen-bond acceptors (Lipinski definition) is 3. The van der Waals surface area contributed by atoms with Crippen LogP contribution in [-0.2, 0) is 12.7 Å².